The van der Waals surface area contributed by atoms with Crippen LogP contribution in [0.4, 0.5) is 0 Å². The maximum atomic E-state index is 11.6. The smallest absolute Gasteiger partial charge is 0.396 e. The number of ether oxygens (including phenoxy) is 1. The van der Waals surface area contributed by atoms with Crippen molar-refractivity contribution in [1.82, 2.24) is 10.2 Å². The number of sulfone groups is 1. The molecule has 0 aliphatic rings. The highest BCUT2D eigenvalue weighted by Crippen LogP contribution is 2.17. The SMILES string of the molecule is CCOC(=O)c1nnc(SCCS(=O)(=O)C(C)C)o1. The molecule has 1 rings (SSSR count). The molecule has 0 bridgehead atoms. The van der Waals surface area contributed by atoms with E-state index in [0.717, 1.165) is 11.8 Å². The molecule has 0 unspecified atom stereocenters. The summed E-state index contributed by atoms with van der Waals surface area (Å²) < 4.78 is 32.9. The molecule has 1 heterocycles. The Balaban J connectivity index is 2.49. The molecule has 7 nitrogen and oxygen atoms in total. The molecule has 0 N–H and O–H groups in total. The highest BCUT2D eigenvalue weighted by atomic mass is 32.2. The molecule has 19 heavy (non-hydrogen) atoms. The minimum absolute atomic E-state index is 0.0203. The van der Waals surface area contributed by atoms with E-state index >= 15 is 0 Å². The number of esters is 1. The number of aromatic nitrogens is 2. The van der Waals surface area contributed by atoms with E-state index in [2.05, 4.69) is 10.2 Å². The van der Waals surface area contributed by atoms with E-state index in [1.54, 1.807) is 20.8 Å². The Morgan fingerprint density at radius 2 is 2.11 bits per heavy atom. The first-order valence-corrected chi connectivity index (χ1v) is 8.42. The number of nitrogens with zero attached hydrogens (tertiary/aromatic N) is 2. The zero-order valence-electron chi connectivity index (χ0n) is 11.0. The van der Waals surface area contributed by atoms with Crippen molar-refractivity contribution in [3.05, 3.63) is 5.89 Å². The molecule has 0 aliphatic carbocycles. The summed E-state index contributed by atoms with van der Waals surface area (Å²) in [5, 5.41) is 6.90. The monoisotopic (exact) mass is 308 g/mol. The molecule has 0 aliphatic heterocycles. The molecule has 0 spiro atoms. The standard InChI is InChI=1S/C10H16N2O5S2/c1-4-16-9(13)8-11-12-10(17-8)18-5-6-19(14,15)7(2)3/h7H,4-6H2,1-3H3. The first-order valence-electron chi connectivity index (χ1n) is 5.71. The minimum atomic E-state index is -3.09. The predicted octanol–water partition coefficient (Wildman–Crippen LogP) is 1.16. The van der Waals surface area contributed by atoms with E-state index in [4.69, 9.17) is 9.15 Å². The molecular formula is C10H16N2O5S2. The zero-order valence-corrected chi connectivity index (χ0v) is 12.6. The normalized spacial score (nSPS) is 11.8. The van der Waals surface area contributed by atoms with E-state index in [1.165, 1.54) is 0 Å². The highest BCUT2D eigenvalue weighted by Gasteiger charge is 2.18. The largest absolute Gasteiger partial charge is 0.459 e. The Morgan fingerprint density at radius 3 is 2.68 bits per heavy atom. The number of thioether (sulfide) groups is 1. The van der Waals surface area contributed by atoms with Gasteiger partial charge in [0.1, 0.15) is 0 Å². The van der Waals surface area contributed by atoms with Gasteiger partial charge in [-0.3, -0.25) is 0 Å². The van der Waals surface area contributed by atoms with Crippen molar-refractivity contribution in [2.75, 3.05) is 18.1 Å². The summed E-state index contributed by atoms with van der Waals surface area (Å²) in [4.78, 5) is 11.3. The second-order valence-electron chi connectivity index (χ2n) is 3.86. The number of hydrogen-bond acceptors (Lipinski definition) is 8. The fourth-order valence-electron chi connectivity index (χ4n) is 1.02. The van der Waals surface area contributed by atoms with E-state index < -0.39 is 21.1 Å². The van der Waals surface area contributed by atoms with E-state index in [0.29, 0.717) is 5.75 Å². The van der Waals surface area contributed by atoms with Gasteiger partial charge in [-0.2, -0.15) is 0 Å². The average molecular weight is 308 g/mol. The number of carbonyl (C=O) groups excluding carboxylic acids is 1. The number of carbonyl (C=O) groups is 1. The van der Waals surface area contributed by atoms with Gasteiger partial charge in [0.05, 0.1) is 17.6 Å². The zero-order chi connectivity index (χ0) is 14.5. The molecule has 108 valence electrons. The van der Waals surface area contributed by atoms with Gasteiger partial charge in [0.25, 0.3) is 5.22 Å². The lowest BCUT2D eigenvalue weighted by Gasteiger charge is -2.05. The topological polar surface area (TPSA) is 99.4 Å². The first-order chi connectivity index (χ1) is 8.86. The second-order valence-corrected chi connectivity index (χ2v) is 7.58. The van der Waals surface area contributed by atoms with Crippen LogP contribution in [0.5, 0.6) is 0 Å². The van der Waals surface area contributed by atoms with Crippen molar-refractivity contribution >= 4 is 27.6 Å². The average Bonchev–Trinajstić information content (AvgIpc) is 2.77. The second kappa shape index (κ2) is 6.90. The van der Waals surface area contributed by atoms with Crippen molar-refractivity contribution in [2.24, 2.45) is 0 Å². The quantitative estimate of drug-likeness (QED) is 0.546. The number of hydrogen-bond donors (Lipinski definition) is 0. The van der Waals surface area contributed by atoms with Crippen LogP contribution in [0, 0.1) is 0 Å². The van der Waals surface area contributed by atoms with E-state index in [1.807, 2.05) is 0 Å². The van der Waals surface area contributed by atoms with Gasteiger partial charge in [0.15, 0.2) is 9.84 Å². The Bertz CT molecular complexity index is 524. The van der Waals surface area contributed by atoms with Crippen molar-refractivity contribution in [3.8, 4) is 0 Å². The predicted molar refractivity (Wildman–Crippen MR) is 69.9 cm³/mol. The van der Waals surface area contributed by atoms with Crippen molar-refractivity contribution in [1.29, 1.82) is 0 Å². The number of rotatable bonds is 7. The highest BCUT2D eigenvalue weighted by molar-refractivity contribution is 8.00. The molecular weight excluding hydrogens is 292 g/mol. The van der Waals surface area contributed by atoms with E-state index in [-0.39, 0.29) is 23.5 Å². The molecule has 0 atom stereocenters. The molecule has 0 radical (unpaired) electrons. The van der Waals surface area contributed by atoms with Gasteiger partial charge >= 0.3 is 11.9 Å². The lowest BCUT2D eigenvalue weighted by Crippen LogP contribution is -2.18. The molecule has 9 heteroatoms. The summed E-state index contributed by atoms with van der Waals surface area (Å²) in [6.45, 7) is 5.15. The Kier molecular flexibility index (Phi) is 5.80. The van der Waals surface area contributed by atoms with Crippen LogP contribution in [-0.4, -0.2) is 47.9 Å². The summed E-state index contributed by atoms with van der Waals surface area (Å²) in [6.07, 6.45) is 0. The third-order valence-electron chi connectivity index (χ3n) is 2.17. The Morgan fingerprint density at radius 1 is 1.42 bits per heavy atom. The van der Waals surface area contributed by atoms with Crippen LogP contribution in [-0.2, 0) is 14.6 Å². The van der Waals surface area contributed by atoms with Crippen molar-refractivity contribution in [3.63, 3.8) is 0 Å². The van der Waals surface area contributed by atoms with Gasteiger partial charge in [0.2, 0.25) is 0 Å². The molecule has 0 saturated carbocycles. The van der Waals surface area contributed by atoms with Crippen LogP contribution in [0.15, 0.2) is 9.64 Å². The minimum Gasteiger partial charge on any atom is -0.459 e. The summed E-state index contributed by atoms with van der Waals surface area (Å²) in [6, 6.07) is 0. The molecule has 1 aromatic heterocycles. The summed E-state index contributed by atoms with van der Waals surface area (Å²) in [5.41, 5.74) is 0. The third kappa shape index (κ3) is 4.83. The first kappa shape index (κ1) is 16.0. The van der Waals surface area contributed by atoms with Gasteiger partial charge in [-0.25, -0.2) is 13.2 Å². The van der Waals surface area contributed by atoms with Crippen LogP contribution < -0.4 is 0 Å². The molecule has 0 saturated heterocycles. The van der Waals surface area contributed by atoms with Crippen molar-refractivity contribution in [2.45, 2.75) is 31.2 Å². The van der Waals surface area contributed by atoms with Crippen LogP contribution in [0.25, 0.3) is 0 Å². The fourth-order valence-corrected chi connectivity index (χ4v) is 3.17. The van der Waals surface area contributed by atoms with Gasteiger partial charge < -0.3 is 9.15 Å². The summed E-state index contributed by atoms with van der Waals surface area (Å²) >= 11 is 1.09. The third-order valence-corrected chi connectivity index (χ3v) is 5.46. The van der Waals surface area contributed by atoms with Gasteiger partial charge in [-0.1, -0.05) is 16.9 Å². The molecule has 1 aromatic rings. The molecule has 0 aromatic carbocycles. The molecule has 0 fully saturated rings. The Hall–Kier alpha value is -1.09. The van der Waals surface area contributed by atoms with Gasteiger partial charge in [-0.15, -0.1) is 5.10 Å². The van der Waals surface area contributed by atoms with Gasteiger partial charge in [-0.05, 0) is 20.8 Å². The lowest BCUT2D eigenvalue weighted by molar-refractivity contribution is 0.0475. The van der Waals surface area contributed by atoms with Crippen LogP contribution in [0.1, 0.15) is 31.5 Å². The van der Waals surface area contributed by atoms with Crippen molar-refractivity contribution < 1.29 is 22.4 Å². The maximum absolute atomic E-state index is 11.6. The van der Waals surface area contributed by atoms with Crippen LogP contribution in [0.2, 0.25) is 0 Å². The Labute approximate surface area is 116 Å². The summed E-state index contributed by atoms with van der Waals surface area (Å²) in [7, 11) is -3.09. The van der Waals surface area contributed by atoms with Crippen LogP contribution in [0.3, 0.4) is 0 Å². The fraction of sp³-hybridized carbons (Fsp3) is 0.700. The maximum Gasteiger partial charge on any atom is 0.396 e. The van der Waals surface area contributed by atoms with Crippen LogP contribution >= 0.6 is 11.8 Å². The summed E-state index contributed by atoms with van der Waals surface area (Å²) in [5.74, 6) is -0.593. The lowest BCUT2D eigenvalue weighted by atomic mass is 10.6. The van der Waals surface area contributed by atoms with Gasteiger partial charge in [0, 0.05) is 5.75 Å². The molecule has 0 amide bonds. The van der Waals surface area contributed by atoms with E-state index in [9.17, 15) is 13.2 Å².